The van der Waals surface area contributed by atoms with E-state index in [4.69, 9.17) is 10.5 Å². The predicted octanol–water partition coefficient (Wildman–Crippen LogP) is 4.60. The van der Waals surface area contributed by atoms with E-state index in [1.807, 2.05) is 30.3 Å². The summed E-state index contributed by atoms with van der Waals surface area (Å²) in [4.78, 5) is 4.15. The van der Waals surface area contributed by atoms with Gasteiger partial charge in [0.2, 0.25) is 5.88 Å². The minimum atomic E-state index is -0.421. The molecule has 0 bridgehead atoms. The van der Waals surface area contributed by atoms with Gasteiger partial charge in [-0.25, -0.2) is 13.8 Å². The van der Waals surface area contributed by atoms with Gasteiger partial charge in [-0.2, -0.15) is 0 Å². The molecule has 0 fully saturated rings. The highest BCUT2D eigenvalue weighted by Crippen LogP contribution is 2.42. The minimum Gasteiger partial charge on any atom is -0.473 e. The second-order valence-electron chi connectivity index (χ2n) is 6.49. The molecule has 1 heterocycles. The molecule has 0 saturated carbocycles. The molecule has 26 heavy (non-hydrogen) atoms. The molecule has 2 N–H and O–H groups in total. The molecule has 2 aromatic carbocycles. The van der Waals surface area contributed by atoms with Crippen molar-refractivity contribution >= 4 is 5.69 Å². The molecule has 0 amide bonds. The average Bonchev–Trinajstić information content (AvgIpc) is 3.04. The lowest BCUT2D eigenvalue weighted by Gasteiger charge is -2.17. The summed E-state index contributed by atoms with van der Waals surface area (Å²) in [6.07, 6.45) is 2.61. The number of fused-ring (bicyclic) bond motifs is 1. The lowest BCUT2D eigenvalue weighted by Crippen LogP contribution is -2.06. The summed E-state index contributed by atoms with van der Waals surface area (Å²) < 4.78 is 33.5. The van der Waals surface area contributed by atoms with Gasteiger partial charge in [-0.1, -0.05) is 30.3 Å². The van der Waals surface area contributed by atoms with Crippen molar-refractivity contribution in [1.29, 1.82) is 0 Å². The third kappa shape index (κ3) is 3.12. The Bertz CT molecular complexity index is 944. The van der Waals surface area contributed by atoms with E-state index in [2.05, 4.69) is 4.98 Å². The molecule has 132 valence electrons. The topological polar surface area (TPSA) is 48.1 Å². The Hall–Kier alpha value is -2.95. The molecule has 0 aliphatic heterocycles. The SMILES string of the molecule is Nc1cc2c(cc1F)CCC2c1cc(F)cnc1OCc1ccccc1. The Morgan fingerprint density at radius 1 is 1.08 bits per heavy atom. The van der Waals surface area contributed by atoms with Gasteiger partial charge in [0.05, 0.1) is 11.9 Å². The van der Waals surface area contributed by atoms with Gasteiger partial charge >= 0.3 is 0 Å². The molecule has 5 heteroatoms. The number of benzene rings is 2. The van der Waals surface area contributed by atoms with E-state index in [0.717, 1.165) is 29.3 Å². The fourth-order valence-corrected chi connectivity index (χ4v) is 3.51. The first-order valence-corrected chi connectivity index (χ1v) is 8.52. The number of ether oxygens (including phenoxy) is 1. The van der Waals surface area contributed by atoms with Crippen molar-refractivity contribution in [2.24, 2.45) is 0 Å². The molecule has 1 aliphatic rings. The van der Waals surface area contributed by atoms with Crippen LogP contribution >= 0.6 is 0 Å². The number of anilines is 1. The molecule has 0 saturated heterocycles. The quantitative estimate of drug-likeness (QED) is 0.698. The van der Waals surface area contributed by atoms with Crippen LogP contribution in [0.5, 0.6) is 5.88 Å². The van der Waals surface area contributed by atoms with Crippen molar-refractivity contribution < 1.29 is 13.5 Å². The lowest BCUT2D eigenvalue weighted by atomic mass is 9.93. The van der Waals surface area contributed by atoms with Crippen molar-refractivity contribution in [2.75, 3.05) is 5.73 Å². The van der Waals surface area contributed by atoms with Crippen LogP contribution in [0.4, 0.5) is 14.5 Å². The van der Waals surface area contributed by atoms with Crippen molar-refractivity contribution in [1.82, 2.24) is 4.98 Å². The zero-order chi connectivity index (χ0) is 18.1. The van der Waals surface area contributed by atoms with Gasteiger partial charge < -0.3 is 10.5 Å². The molecule has 4 rings (SSSR count). The molecule has 0 radical (unpaired) electrons. The Balaban J connectivity index is 1.67. The predicted molar refractivity (Wildman–Crippen MR) is 95.9 cm³/mol. The van der Waals surface area contributed by atoms with Crippen molar-refractivity contribution in [3.63, 3.8) is 0 Å². The summed E-state index contributed by atoms with van der Waals surface area (Å²) in [6.45, 7) is 0.345. The van der Waals surface area contributed by atoms with Gasteiger partial charge in [-0.15, -0.1) is 0 Å². The van der Waals surface area contributed by atoms with E-state index >= 15 is 0 Å². The number of nitrogens with zero attached hydrogens (tertiary/aromatic N) is 1. The Morgan fingerprint density at radius 3 is 2.69 bits per heavy atom. The fourth-order valence-electron chi connectivity index (χ4n) is 3.51. The highest BCUT2D eigenvalue weighted by Gasteiger charge is 2.28. The number of aryl methyl sites for hydroxylation is 1. The Kier molecular flexibility index (Phi) is 4.29. The van der Waals surface area contributed by atoms with Crippen molar-refractivity contribution in [3.8, 4) is 5.88 Å². The number of nitrogens with two attached hydrogens (primary N) is 1. The normalized spacial score (nSPS) is 15.7. The third-order valence-electron chi connectivity index (χ3n) is 4.78. The molecule has 0 spiro atoms. The van der Waals surface area contributed by atoms with E-state index in [0.29, 0.717) is 24.5 Å². The fraction of sp³-hybridized carbons (Fsp3) is 0.190. The second-order valence-corrected chi connectivity index (χ2v) is 6.49. The van der Waals surface area contributed by atoms with E-state index < -0.39 is 11.6 Å². The number of hydrogen-bond acceptors (Lipinski definition) is 3. The molecule has 1 unspecified atom stereocenters. The minimum absolute atomic E-state index is 0.103. The Morgan fingerprint density at radius 2 is 1.88 bits per heavy atom. The number of hydrogen-bond donors (Lipinski definition) is 1. The molecule has 1 aliphatic carbocycles. The maximum absolute atomic E-state index is 13.9. The monoisotopic (exact) mass is 352 g/mol. The summed E-state index contributed by atoms with van der Waals surface area (Å²) in [5, 5.41) is 0. The first kappa shape index (κ1) is 16.5. The molecule has 3 aromatic rings. The van der Waals surface area contributed by atoms with E-state index in [1.54, 1.807) is 6.07 Å². The van der Waals surface area contributed by atoms with E-state index in [9.17, 15) is 8.78 Å². The molecule has 1 aromatic heterocycles. The van der Waals surface area contributed by atoms with Crippen LogP contribution in [0.25, 0.3) is 0 Å². The van der Waals surface area contributed by atoms with Crippen LogP contribution in [0, 0.1) is 11.6 Å². The van der Waals surface area contributed by atoms with Gasteiger partial charge in [-0.3, -0.25) is 0 Å². The second kappa shape index (κ2) is 6.75. The summed E-state index contributed by atoms with van der Waals surface area (Å²) in [6, 6.07) is 14.3. The first-order chi connectivity index (χ1) is 12.6. The van der Waals surface area contributed by atoms with Crippen molar-refractivity contribution in [3.05, 3.63) is 88.6 Å². The average molecular weight is 352 g/mol. The van der Waals surface area contributed by atoms with Crippen LogP contribution in [0.2, 0.25) is 0 Å². The standard InChI is InChI=1S/C21H18F2N2O/c22-15-9-18(16-7-6-14-8-19(23)20(24)10-17(14)16)21(25-11-15)26-12-13-4-2-1-3-5-13/h1-5,8-11,16H,6-7,12,24H2. The van der Waals surface area contributed by atoms with Crippen LogP contribution in [0.3, 0.4) is 0 Å². The number of nitrogen functional groups attached to an aromatic ring is 1. The summed E-state index contributed by atoms with van der Waals surface area (Å²) in [5.41, 5.74) is 9.34. The number of aromatic nitrogens is 1. The van der Waals surface area contributed by atoms with Crippen LogP contribution < -0.4 is 10.5 Å². The molecule has 1 atom stereocenters. The van der Waals surface area contributed by atoms with Gasteiger partial charge in [0.25, 0.3) is 0 Å². The zero-order valence-corrected chi connectivity index (χ0v) is 14.1. The summed E-state index contributed by atoms with van der Waals surface area (Å²) >= 11 is 0. The molecule has 3 nitrogen and oxygen atoms in total. The summed E-state index contributed by atoms with van der Waals surface area (Å²) in [5.74, 6) is -0.546. The van der Waals surface area contributed by atoms with Crippen molar-refractivity contribution in [2.45, 2.75) is 25.4 Å². The zero-order valence-electron chi connectivity index (χ0n) is 14.1. The van der Waals surface area contributed by atoms with Crippen LogP contribution in [0.15, 0.2) is 54.7 Å². The summed E-state index contributed by atoms with van der Waals surface area (Å²) in [7, 11) is 0. The maximum Gasteiger partial charge on any atom is 0.217 e. The largest absolute Gasteiger partial charge is 0.473 e. The van der Waals surface area contributed by atoms with Crippen LogP contribution in [0.1, 0.15) is 34.6 Å². The van der Waals surface area contributed by atoms with Gasteiger partial charge in [0.1, 0.15) is 18.2 Å². The number of pyridine rings is 1. The highest BCUT2D eigenvalue weighted by atomic mass is 19.1. The Labute approximate surface area is 150 Å². The van der Waals surface area contributed by atoms with E-state index in [1.165, 1.54) is 12.1 Å². The van der Waals surface area contributed by atoms with Gasteiger partial charge in [-0.05, 0) is 47.7 Å². The highest BCUT2D eigenvalue weighted by molar-refractivity contribution is 5.53. The van der Waals surface area contributed by atoms with Gasteiger partial charge in [0.15, 0.2) is 0 Å². The maximum atomic E-state index is 13.9. The third-order valence-corrected chi connectivity index (χ3v) is 4.78. The lowest BCUT2D eigenvalue weighted by molar-refractivity contribution is 0.288. The molecular weight excluding hydrogens is 334 g/mol. The van der Waals surface area contributed by atoms with E-state index in [-0.39, 0.29) is 11.6 Å². The number of halogens is 2. The van der Waals surface area contributed by atoms with Crippen LogP contribution in [-0.2, 0) is 13.0 Å². The smallest absolute Gasteiger partial charge is 0.217 e. The van der Waals surface area contributed by atoms with Gasteiger partial charge in [0, 0.05) is 11.5 Å². The molecular formula is C21H18F2N2O. The number of rotatable bonds is 4. The van der Waals surface area contributed by atoms with Crippen LogP contribution in [-0.4, -0.2) is 4.98 Å². The first-order valence-electron chi connectivity index (χ1n) is 8.52.